The third kappa shape index (κ3) is 6.35. The SMILES string of the molecule is C[C@@H]1[C@@H]([Si](C)(C)F)[C@H](CC(=O)N2CCC[C@H]2CO)O[C@@H]1CCc1ccc(NC(=O)[C@H]2CCCN2)cc1. The predicted octanol–water partition coefficient (Wildman–Crippen LogP) is 3.63. The minimum atomic E-state index is -3.06. The highest BCUT2D eigenvalue weighted by atomic mass is 28.4. The number of nitrogens with zero attached hydrogens (tertiary/aromatic N) is 1. The number of hydrogen-bond acceptors (Lipinski definition) is 5. The fourth-order valence-electron chi connectivity index (χ4n) is 6.42. The molecule has 1 aromatic carbocycles. The number of halogens is 1. The second-order valence-electron chi connectivity index (χ2n) is 11.3. The van der Waals surface area contributed by atoms with Gasteiger partial charge < -0.3 is 29.5 Å². The van der Waals surface area contributed by atoms with Crippen molar-refractivity contribution in [3.05, 3.63) is 29.8 Å². The molecule has 0 radical (unpaired) electrons. The Labute approximate surface area is 215 Å². The van der Waals surface area contributed by atoms with Crippen LogP contribution in [0.4, 0.5) is 9.80 Å². The number of hydrogen-bond donors (Lipinski definition) is 3. The summed E-state index contributed by atoms with van der Waals surface area (Å²) in [7, 11) is -3.06. The van der Waals surface area contributed by atoms with Gasteiger partial charge in [0.25, 0.3) is 0 Å². The lowest BCUT2D eigenvalue weighted by atomic mass is 9.95. The molecule has 4 rings (SSSR count). The van der Waals surface area contributed by atoms with Gasteiger partial charge in [-0.1, -0.05) is 19.1 Å². The zero-order valence-corrected chi connectivity index (χ0v) is 22.8. The van der Waals surface area contributed by atoms with Gasteiger partial charge in [-0.3, -0.25) is 9.59 Å². The van der Waals surface area contributed by atoms with E-state index in [1.165, 1.54) is 0 Å². The van der Waals surface area contributed by atoms with Crippen LogP contribution < -0.4 is 10.6 Å². The van der Waals surface area contributed by atoms with Crippen molar-refractivity contribution in [1.29, 1.82) is 0 Å². The zero-order valence-electron chi connectivity index (χ0n) is 21.8. The summed E-state index contributed by atoms with van der Waals surface area (Å²) in [4.78, 5) is 27.1. The van der Waals surface area contributed by atoms with Gasteiger partial charge in [0.15, 0.2) is 0 Å². The van der Waals surface area contributed by atoms with Crippen LogP contribution in [0.25, 0.3) is 0 Å². The summed E-state index contributed by atoms with van der Waals surface area (Å²) < 4.78 is 21.8. The maximum Gasteiger partial charge on any atom is 0.246 e. The van der Waals surface area contributed by atoms with Crippen molar-refractivity contribution in [2.24, 2.45) is 5.92 Å². The Balaban J connectivity index is 1.33. The highest BCUT2D eigenvalue weighted by molar-refractivity contribution is 6.72. The standard InChI is InChI=1S/C27H42FN3O4Si/c1-18-23(13-10-19-8-11-20(12-9-19)30-27(34)22-7-4-14-29-22)35-24(26(18)36(2,3)28)16-25(33)31-15-5-6-21(31)17-32/h8-9,11-12,18,21-24,26,29,32H,4-7,10,13-17H2,1-3H3,(H,30,34)/t18-,21-,22+,23+,24-,26+/m0/s1. The summed E-state index contributed by atoms with van der Waals surface area (Å²) in [6.45, 7) is 7.03. The van der Waals surface area contributed by atoms with E-state index in [1.54, 1.807) is 18.0 Å². The van der Waals surface area contributed by atoms with Crippen molar-refractivity contribution >= 4 is 25.9 Å². The lowest BCUT2D eigenvalue weighted by Gasteiger charge is -2.30. The molecule has 1 aromatic rings. The smallest absolute Gasteiger partial charge is 0.246 e. The van der Waals surface area contributed by atoms with Crippen LogP contribution in [0.5, 0.6) is 0 Å². The molecular weight excluding hydrogens is 477 g/mol. The molecule has 7 nitrogen and oxygen atoms in total. The molecule has 3 aliphatic rings. The van der Waals surface area contributed by atoms with Gasteiger partial charge in [-0.05, 0) is 81.8 Å². The van der Waals surface area contributed by atoms with E-state index in [9.17, 15) is 14.7 Å². The quantitative estimate of drug-likeness (QED) is 0.342. The minimum Gasteiger partial charge on any atom is -0.394 e. The number of aliphatic hydroxyl groups excluding tert-OH is 1. The van der Waals surface area contributed by atoms with Crippen molar-refractivity contribution < 1.29 is 23.5 Å². The largest absolute Gasteiger partial charge is 0.394 e. The van der Waals surface area contributed by atoms with Gasteiger partial charge in [0.05, 0.1) is 37.3 Å². The first-order chi connectivity index (χ1) is 17.2. The lowest BCUT2D eigenvalue weighted by Crippen LogP contribution is -2.42. The number of anilines is 1. The first-order valence-corrected chi connectivity index (χ1v) is 16.5. The predicted molar refractivity (Wildman–Crippen MR) is 141 cm³/mol. The van der Waals surface area contributed by atoms with Crippen LogP contribution in [0, 0.1) is 5.92 Å². The van der Waals surface area contributed by atoms with Crippen LogP contribution in [-0.2, 0) is 20.7 Å². The molecule has 2 amide bonds. The average Bonchev–Trinajstić information content (AvgIpc) is 3.58. The van der Waals surface area contributed by atoms with Gasteiger partial charge in [-0.2, -0.15) is 0 Å². The Morgan fingerprint density at radius 1 is 1.19 bits per heavy atom. The maximum atomic E-state index is 15.4. The van der Waals surface area contributed by atoms with Crippen LogP contribution in [0.3, 0.4) is 0 Å². The van der Waals surface area contributed by atoms with E-state index in [2.05, 4.69) is 17.6 Å². The minimum absolute atomic E-state index is 0.0114. The molecule has 0 bridgehead atoms. The average molecular weight is 520 g/mol. The summed E-state index contributed by atoms with van der Waals surface area (Å²) in [5.74, 6) is 0.0227. The Hall–Kier alpha value is -1.81. The fourth-order valence-corrected chi connectivity index (χ4v) is 8.97. The number of ether oxygens (including phenoxy) is 1. The second-order valence-corrected chi connectivity index (χ2v) is 15.1. The molecule has 9 heteroatoms. The summed E-state index contributed by atoms with van der Waals surface area (Å²) in [5.41, 5.74) is 1.69. The Bertz CT molecular complexity index is 903. The molecule has 0 spiro atoms. The van der Waals surface area contributed by atoms with Gasteiger partial charge in [-0.15, -0.1) is 0 Å². The van der Waals surface area contributed by atoms with Crippen LogP contribution in [-0.4, -0.2) is 74.2 Å². The van der Waals surface area contributed by atoms with Crippen molar-refractivity contribution in [2.45, 2.75) is 94.8 Å². The van der Waals surface area contributed by atoms with Crippen LogP contribution in [0.2, 0.25) is 18.6 Å². The van der Waals surface area contributed by atoms with E-state index in [1.807, 2.05) is 24.3 Å². The summed E-state index contributed by atoms with van der Waals surface area (Å²) in [6, 6.07) is 7.66. The van der Waals surface area contributed by atoms with E-state index in [0.29, 0.717) is 6.54 Å². The number of carbonyl (C=O) groups excluding carboxylic acids is 2. The number of nitrogens with one attached hydrogen (secondary N) is 2. The van der Waals surface area contributed by atoms with Crippen molar-refractivity contribution in [1.82, 2.24) is 10.2 Å². The topological polar surface area (TPSA) is 90.9 Å². The number of aryl methyl sites for hydroxylation is 1. The fraction of sp³-hybridized carbons (Fsp3) is 0.704. The van der Waals surface area contributed by atoms with Gasteiger partial charge >= 0.3 is 0 Å². The molecule has 0 saturated carbocycles. The van der Waals surface area contributed by atoms with Crippen LogP contribution in [0.1, 0.15) is 51.0 Å². The molecule has 0 unspecified atom stereocenters. The highest BCUT2D eigenvalue weighted by Crippen LogP contribution is 2.47. The molecule has 0 aromatic heterocycles. The number of benzene rings is 1. The molecule has 200 valence electrons. The molecule has 3 N–H and O–H groups in total. The maximum absolute atomic E-state index is 15.4. The van der Waals surface area contributed by atoms with Crippen molar-refractivity contribution in [2.75, 3.05) is 25.0 Å². The van der Waals surface area contributed by atoms with Gasteiger partial charge in [0.2, 0.25) is 20.2 Å². The van der Waals surface area contributed by atoms with E-state index < -0.39 is 14.5 Å². The molecule has 3 fully saturated rings. The first-order valence-electron chi connectivity index (χ1n) is 13.5. The van der Waals surface area contributed by atoms with Crippen LogP contribution >= 0.6 is 0 Å². The zero-order chi connectivity index (χ0) is 25.9. The second kappa shape index (κ2) is 11.7. The Morgan fingerprint density at radius 3 is 2.58 bits per heavy atom. The molecule has 36 heavy (non-hydrogen) atoms. The lowest BCUT2D eigenvalue weighted by molar-refractivity contribution is -0.135. The van der Waals surface area contributed by atoms with Gasteiger partial charge in [0.1, 0.15) is 0 Å². The van der Waals surface area contributed by atoms with E-state index in [4.69, 9.17) is 4.74 Å². The number of aliphatic hydroxyl groups is 1. The summed E-state index contributed by atoms with van der Waals surface area (Å²) >= 11 is 0. The molecule has 3 saturated heterocycles. The highest BCUT2D eigenvalue weighted by Gasteiger charge is 2.52. The first kappa shape index (κ1) is 27.2. The number of amides is 2. The number of carbonyl (C=O) groups is 2. The monoisotopic (exact) mass is 519 g/mol. The van der Waals surface area contributed by atoms with Gasteiger partial charge in [-0.25, -0.2) is 0 Å². The van der Waals surface area contributed by atoms with Gasteiger partial charge in [0, 0.05) is 17.8 Å². The number of likely N-dealkylation sites (tertiary alicyclic amines) is 1. The molecule has 6 atom stereocenters. The Kier molecular flexibility index (Phi) is 8.86. The molecule has 3 heterocycles. The Morgan fingerprint density at radius 2 is 1.94 bits per heavy atom. The van der Waals surface area contributed by atoms with E-state index in [0.717, 1.165) is 56.3 Å². The number of rotatable bonds is 9. The van der Waals surface area contributed by atoms with E-state index in [-0.39, 0.29) is 54.5 Å². The van der Waals surface area contributed by atoms with Crippen molar-refractivity contribution in [3.8, 4) is 0 Å². The molecular formula is C27H42FN3O4Si. The molecule has 3 aliphatic heterocycles. The van der Waals surface area contributed by atoms with Crippen LogP contribution in [0.15, 0.2) is 24.3 Å². The van der Waals surface area contributed by atoms with Crippen molar-refractivity contribution in [3.63, 3.8) is 0 Å². The normalized spacial score (nSPS) is 30.6. The third-order valence-corrected chi connectivity index (χ3v) is 10.8. The molecule has 0 aliphatic carbocycles. The third-order valence-electron chi connectivity index (χ3n) is 8.30. The van der Waals surface area contributed by atoms with E-state index >= 15 is 4.11 Å². The summed E-state index contributed by atoms with van der Waals surface area (Å²) in [6.07, 6.45) is 4.83. The summed E-state index contributed by atoms with van der Waals surface area (Å²) in [5, 5.41) is 15.8.